The Labute approximate surface area is 230 Å². The number of fused-ring (bicyclic) bond motifs is 1. The molecule has 2 heterocycles. The van der Waals surface area contributed by atoms with Gasteiger partial charge in [-0.2, -0.15) is 0 Å². The zero-order valence-corrected chi connectivity index (χ0v) is 22.9. The Bertz CT molecular complexity index is 1730. The molecule has 192 valence electrons. The molecule has 0 amide bonds. The standard InChI is InChI=1S/C29H22BrFN2O4S/c1-3-37-28(35)24-25(18-7-5-4-6-8-18)32-29-33(26(24)19-10-12-20(31)13-11-19)27(34)23(38-29)16-17-9-14-22(36-2)21(30)15-17/h4-16,26H,3H2,1-2H3/b23-16-. The second-order valence-electron chi connectivity index (χ2n) is 8.38. The van der Waals surface area contributed by atoms with Crippen molar-refractivity contribution in [3.05, 3.63) is 125 Å². The van der Waals surface area contributed by atoms with Crippen LogP contribution in [0.5, 0.6) is 5.75 Å². The van der Waals surface area contributed by atoms with Crippen LogP contribution in [0.1, 0.15) is 29.7 Å². The second kappa shape index (κ2) is 10.9. The molecule has 3 aromatic carbocycles. The third-order valence-corrected chi connectivity index (χ3v) is 7.64. The number of thiazole rings is 1. The van der Waals surface area contributed by atoms with Gasteiger partial charge in [-0.05, 0) is 64.3 Å². The van der Waals surface area contributed by atoms with Gasteiger partial charge in [0.2, 0.25) is 0 Å². The van der Waals surface area contributed by atoms with Crippen molar-refractivity contribution in [2.75, 3.05) is 13.7 Å². The molecule has 0 radical (unpaired) electrons. The molecule has 9 heteroatoms. The van der Waals surface area contributed by atoms with Crippen LogP contribution in [0.2, 0.25) is 0 Å². The molecule has 1 aliphatic rings. The second-order valence-corrected chi connectivity index (χ2v) is 10.2. The molecule has 0 saturated heterocycles. The number of esters is 1. The number of carbonyl (C=O) groups is 1. The van der Waals surface area contributed by atoms with Gasteiger partial charge in [0.1, 0.15) is 11.6 Å². The summed E-state index contributed by atoms with van der Waals surface area (Å²) >= 11 is 4.70. The summed E-state index contributed by atoms with van der Waals surface area (Å²) in [6.45, 7) is 1.87. The molecular weight excluding hydrogens is 571 g/mol. The van der Waals surface area contributed by atoms with E-state index in [0.29, 0.717) is 31.9 Å². The lowest BCUT2D eigenvalue weighted by atomic mass is 9.93. The van der Waals surface area contributed by atoms with Crippen LogP contribution >= 0.6 is 27.3 Å². The minimum absolute atomic E-state index is 0.150. The third kappa shape index (κ3) is 4.87. The maximum absolute atomic E-state index is 13.9. The van der Waals surface area contributed by atoms with Crippen molar-refractivity contribution in [1.82, 2.24) is 4.57 Å². The van der Waals surface area contributed by atoms with E-state index in [4.69, 9.17) is 14.5 Å². The SMILES string of the molecule is CCOC(=O)C1=C(c2ccccc2)N=c2s/c(=C\c3ccc(OC)c(Br)c3)c(=O)n2C1c1ccc(F)cc1. The Morgan fingerprint density at radius 2 is 1.87 bits per heavy atom. The summed E-state index contributed by atoms with van der Waals surface area (Å²) in [5.74, 6) is -0.333. The van der Waals surface area contributed by atoms with Crippen LogP contribution in [0.3, 0.4) is 0 Å². The summed E-state index contributed by atoms with van der Waals surface area (Å²) in [6, 6.07) is 19.7. The molecule has 1 unspecified atom stereocenters. The Balaban J connectivity index is 1.80. The monoisotopic (exact) mass is 592 g/mol. The van der Waals surface area contributed by atoms with Gasteiger partial charge in [-0.3, -0.25) is 9.36 Å². The fraction of sp³-hybridized carbons (Fsp3) is 0.138. The van der Waals surface area contributed by atoms with Gasteiger partial charge < -0.3 is 9.47 Å². The van der Waals surface area contributed by atoms with Gasteiger partial charge in [0.05, 0.1) is 40.0 Å². The van der Waals surface area contributed by atoms with Crippen molar-refractivity contribution in [3.8, 4) is 5.75 Å². The number of halogens is 2. The molecule has 0 bridgehead atoms. The molecule has 1 atom stereocenters. The van der Waals surface area contributed by atoms with E-state index in [9.17, 15) is 14.0 Å². The van der Waals surface area contributed by atoms with Crippen molar-refractivity contribution in [1.29, 1.82) is 0 Å². The highest BCUT2D eigenvalue weighted by molar-refractivity contribution is 9.10. The van der Waals surface area contributed by atoms with E-state index in [1.54, 1.807) is 38.3 Å². The fourth-order valence-corrected chi connectivity index (χ4v) is 5.88. The van der Waals surface area contributed by atoms with Crippen LogP contribution in [-0.4, -0.2) is 24.3 Å². The zero-order chi connectivity index (χ0) is 26.8. The number of rotatable bonds is 6. The van der Waals surface area contributed by atoms with E-state index < -0.39 is 17.8 Å². The first-order valence-electron chi connectivity index (χ1n) is 11.8. The molecule has 0 saturated carbocycles. The highest BCUT2D eigenvalue weighted by atomic mass is 79.9. The summed E-state index contributed by atoms with van der Waals surface area (Å²) in [6.07, 6.45) is 1.77. The van der Waals surface area contributed by atoms with Gasteiger partial charge in [0.15, 0.2) is 4.80 Å². The summed E-state index contributed by atoms with van der Waals surface area (Å²) in [5, 5.41) is 0. The van der Waals surface area contributed by atoms with E-state index >= 15 is 0 Å². The van der Waals surface area contributed by atoms with Gasteiger partial charge in [0, 0.05) is 5.56 Å². The largest absolute Gasteiger partial charge is 0.496 e. The van der Waals surface area contributed by atoms with E-state index in [1.807, 2.05) is 42.5 Å². The molecule has 0 aliphatic carbocycles. The molecular formula is C29H22BrFN2O4S. The average Bonchev–Trinajstić information content (AvgIpc) is 3.23. The van der Waals surface area contributed by atoms with Gasteiger partial charge in [-0.1, -0.05) is 59.9 Å². The number of hydrogen-bond donors (Lipinski definition) is 0. The zero-order valence-electron chi connectivity index (χ0n) is 20.5. The van der Waals surface area contributed by atoms with Crippen molar-refractivity contribution in [2.45, 2.75) is 13.0 Å². The summed E-state index contributed by atoms with van der Waals surface area (Å²) in [4.78, 5) is 32.5. The smallest absolute Gasteiger partial charge is 0.338 e. The molecule has 38 heavy (non-hydrogen) atoms. The Hall–Kier alpha value is -3.82. The minimum atomic E-state index is -0.856. The minimum Gasteiger partial charge on any atom is -0.496 e. The van der Waals surface area contributed by atoms with Crippen molar-refractivity contribution >= 4 is 45.0 Å². The average molecular weight is 593 g/mol. The Morgan fingerprint density at radius 3 is 2.53 bits per heavy atom. The van der Waals surface area contributed by atoms with Gasteiger partial charge >= 0.3 is 5.97 Å². The predicted molar refractivity (Wildman–Crippen MR) is 148 cm³/mol. The highest BCUT2D eigenvalue weighted by Gasteiger charge is 2.35. The summed E-state index contributed by atoms with van der Waals surface area (Å²) in [5.41, 5.74) is 2.38. The van der Waals surface area contributed by atoms with Crippen molar-refractivity contribution in [2.24, 2.45) is 4.99 Å². The fourth-order valence-electron chi connectivity index (χ4n) is 4.32. The van der Waals surface area contributed by atoms with Crippen molar-refractivity contribution in [3.63, 3.8) is 0 Å². The molecule has 0 spiro atoms. The molecule has 5 rings (SSSR count). The number of aromatic nitrogens is 1. The Kier molecular flexibility index (Phi) is 7.40. The predicted octanol–water partition coefficient (Wildman–Crippen LogP) is 4.85. The first kappa shape index (κ1) is 25.8. The summed E-state index contributed by atoms with van der Waals surface area (Å²) < 4.78 is 27.3. The van der Waals surface area contributed by atoms with Gasteiger partial charge in [0.25, 0.3) is 5.56 Å². The van der Waals surface area contributed by atoms with Gasteiger partial charge in [-0.25, -0.2) is 14.2 Å². The molecule has 1 aromatic heterocycles. The number of nitrogens with zero attached hydrogens (tertiary/aromatic N) is 2. The van der Waals surface area contributed by atoms with E-state index in [2.05, 4.69) is 15.9 Å². The van der Waals surface area contributed by atoms with Gasteiger partial charge in [-0.15, -0.1) is 0 Å². The number of hydrogen-bond acceptors (Lipinski definition) is 6. The van der Waals surface area contributed by atoms with Crippen LogP contribution < -0.4 is 19.6 Å². The number of methoxy groups -OCH3 is 1. The maximum atomic E-state index is 13.9. The van der Waals surface area contributed by atoms with Crippen LogP contribution in [0.4, 0.5) is 4.39 Å². The molecule has 1 aliphatic heterocycles. The molecule has 6 nitrogen and oxygen atoms in total. The van der Waals surface area contributed by atoms with Crippen LogP contribution in [-0.2, 0) is 9.53 Å². The summed E-state index contributed by atoms with van der Waals surface area (Å²) in [7, 11) is 1.58. The van der Waals surface area contributed by atoms with E-state index in [0.717, 1.165) is 10.0 Å². The number of ether oxygens (including phenoxy) is 2. The van der Waals surface area contributed by atoms with Crippen molar-refractivity contribution < 1.29 is 18.7 Å². The number of benzene rings is 3. The van der Waals surface area contributed by atoms with Crippen LogP contribution in [0.25, 0.3) is 11.8 Å². The van der Waals surface area contributed by atoms with Crippen LogP contribution in [0, 0.1) is 5.82 Å². The number of carbonyl (C=O) groups excluding carboxylic acids is 1. The lowest BCUT2D eigenvalue weighted by molar-refractivity contribution is -0.138. The first-order valence-corrected chi connectivity index (χ1v) is 13.4. The highest BCUT2D eigenvalue weighted by Crippen LogP contribution is 2.35. The topological polar surface area (TPSA) is 69.9 Å². The normalized spacial score (nSPS) is 15.2. The van der Waals surface area contributed by atoms with E-state index in [1.165, 1.54) is 28.0 Å². The first-order chi connectivity index (χ1) is 18.4. The third-order valence-electron chi connectivity index (χ3n) is 6.03. The maximum Gasteiger partial charge on any atom is 0.338 e. The Morgan fingerprint density at radius 1 is 1.13 bits per heavy atom. The van der Waals surface area contributed by atoms with E-state index in [-0.39, 0.29) is 17.7 Å². The molecule has 0 N–H and O–H groups in total. The molecule has 4 aromatic rings. The lowest BCUT2D eigenvalue weighted by Crippen LogP contribution is -2.40. The lowest BCUT2D eigenvalue weighted by Gasteiger charge is -2.25. The molecule has 0 fully saturated rings. The van der Waals surface area contributed by atoms with Crippen LogP contribution in [0.15, 0.2) is 92.6 Å². The quantitative estimate of drug-likeness (QED) is 0.300.